The number of carbonyl (C=O) groups is 2. The van der Waals surface area contributed by atoms with Crippen LogP contribution in [0.1, 0.15) is 15.9 Å². The Hall–Kier alpha value is -3.68. The van der Waals surface area contributed by atoms with Gasteiger partial charge in [0, 0.05) is 5.56 Å². The molecule has 2 aromatic rings. The number of methoxy groups -OCH3 is 3. The van der Waals surface area contributed by atoms with Crippen molar-refractivity contribution in [2.45, 2.75) is 0 Å². The largest absolute Gasteiger partial charge is 0.872 e. The highest BCUT2D eigenvalue weighted by Crippen LogP contribution is 2.38. The van der Waals surface area contributed by atoms with Crippen LogP contribution in [0, 0.1) is 0 Å². The van der Waals surface area contributed by atoms with Crippen molar-refractivity contribution >= 4 is 18.0 Å². The van der Waals surface area contributed by atoms with Gasteiger partial charge in [0.1, 0.15) is 5.70 Å². The van der Waals surface area contributed by atoms with E-state index in [0.29, 0.717) is 11.3 Å². The first-order valence-electron chi connectivity index (χ1n) is 7.73. The molecule has 0 aromatic heterocycles. The van der Waals surface area contributed by atoms with Crippen molar-refractivity contribution in [3.8, 4) is 23.0 Å². The van der Waals surface area contributed by atoms with Crippen LogP contribution >= 0.6 is 0 Å². The summed E-state index contributed by atoms with van der Waals surface area (Å²) < 4.78 is 15.6. The van der Waals surface area contributed by atoms with E-state index in [1.165, 1.54) is 63.8 Å². The van der Waals surface area contributed by atoms with Crippen molar-refractivity contribution < 1.29 is 34.0 Å². The predicted molar refractivity (Wildman–Crippen MR) is 95.1 cm³/mol. The first-order valence-corrected chi connectivity index (χ1v) is 7.73. The van der Waals surface area contributed by atoms with Gasteiger partial charge in [0.2, 0.25) is 5.75 Å². The summed E-state index contributed by atoms with van der Waals surface area (Å²) in [5.41, 5.74) is 0.219. The SMILES string of the molecule is COc1cc(C(=O)N/C(=C/c2ccc([O-])cc2)C(=O)O)cc(OC)c1OC. The Balaban J connectivity index is 2.35. The molecule has 0 saturated carbocycles. The number of amides is 1. The van der Waals surface area contributed by atoms with E-state index in [1.54, 1.807) is 0 Å². The number of carboxylic acids is 1. The molecule has 2 aromatic carbocycles. The summed E-state index contributed by atoms with van der Waals surface area (Å²) in [4.78, 5) is 24.0. The molecule has 1 amide bonds. The first-order chi connectivity index (χ1) is 12.9. The van der Waals surface area contributed by atoms with E-state index in [0.717, 1.165) is 0 Å². The molecule has 8 nitrogen and oxygen atoms in total. The summed E-state index contributed by atoms with van der Waals surface area (Å²) >= 11 is 0. The zero-order chi connectivity index (χ0) is 20.0. The van der Waals surface area contributed by atoms with E-state index in [2.05, 4.69) is 5.32 Å². The van der Waals surface area contributed by atoms with Crippen molar-refractivity contribution in [3.05, 3.63) is 53.2 Å². The summed E-state index contributed by atoms with van der Waals surface area (Å²) in [7, 11) is 4.24. The van der Waals surface area contributed by atoms with Crippen LogP contribution in [0.2, 0.25) is 0 Å². The summed E-state index contributed by atoms with van der Waals surface area (Å²) in [6.07, 6.45) is 1.25. The Labute approximate surface area is 155 Å². The minimum absolute atomic E-state index is 0.117. The Morgan fingerprint density at radius 3 is 2.00 bits per heavy atom. The fourth-order valence-corrected chi connectivity index (χ4v) is 2.29. The molecule has 0 fully saturated rings. The van der Waals surface area contributed by atoms with Gasteiger partial charge in [-0.05, 0) is 23.8 Å². The van der Waals surface area contributed by atoms with Crippen LogP contribution in [0.5, 0.6) is 23.0 Å². The lowest BCUT2D eigenvalue weighted by atomic mass is 10.1. The van der Waals surface area contributed by atoms with E-state index < -0.39 is 11.9 Å². The van der Waals surface area contributed by atoms with Gasteiger partial charge in [0.15, 0.2) is 11.5 Å². The van der Waals surface area contributed by atoms with Gasteiger partial charge < -0.3 is 29.7 Å². The minimum atomic E-state index is -1.33. The number of aliphatic carboxylic acids is 1. The number of nitrogens with one attached hydrogen (secondary N) is 1. The van der Waals surface area contributed by atoms with Crippen LogP contribution < -0.4 is 24.6 Å². The molecule has 0 atom stereocenters. The normalized spacial score (nSPS) is 10.9. The number of hydrogen-bond acceptors (Lipinski definition) is 6. The molecule has 2 rings (SSSR count). The maximum absolute atomic E-state index is 12.5. The molecule has 0 aliphatic heterocycles. The number of ether oxygens (including phenoxy) is 3. The maximum Gasteiger partial charge on any atom is 0.352 e. The monoisotopic (exact) mass is 372 g/mol. The van der Waals surface area contributed by atoms with Gasteiger partial charge in [-0.25, -0.2) is 4.79 Å². The lowest BCUT2D eigenvalue weighted by Gasteiger charge is -2.14. The van der Waals surface area contributed by atoms with Crippen molar-refractivity contribution in [2.75, 3.05) is 21.3 Å². The van der Waals surface area contributed by atoms with E-state index in [-0.39, 0.29) is 28.5 Å². The molecule has 0 bridgehead atoms. The predicted octanol–water partition coefficient (Wildman–Crippen LogP) is 1.64. The van der Waals surface area contributed by atoms with Crippen LogP contribution in [0.15, 0.2) is 42.1 Å². The van der Waals surface area contributed by atoms with Gasteiger partial charge >= 0.3 is 5.97 Å². The molecular formula is C19H18NO7-. The van der Waals surface area contributed by atoms with Gasteiger partial charge in [-0.1, -0.05) is 24.3 Å². The first kappa shape index (κ1) is 19.6. The van der Waals surface area contributed by atoms with Crippen LogP contribution in [-0.2, 0) is 4.79 Å². The van der Waals surface area contributed by atoms with Crippen LogP contribution in [0.3, 0.4) is 0 Å². The summed E-state index contributed by atoms with van der Waals surface area (Å²) in [6.45, 7) is 0. The zero-order valence-corrected chi connectivity index (χ0v) is 14.9. The average molecular weight is 372 g/mol. The van der Waals surface area contributed by atoms with Crippen molar-refractivity contribution in [2.24, 2.45) is 0 Å². The molecule has 0 aliphatic carbocycles. The van der Waals surface area contributed by atoms with Gasteiger partial charge in [-0.2, -0.15) is 0 Å². The highest BCUT2D eigenvalue weighted by Gasteiger charge is 2.19. The smallest absolute Gasteiger partial charge is 0.352 e. The second kappa shape index (κ2) is 8.61. The molecule has 8 heteroatoms. The van der Waals surface area contributed by atoms with E-state index in [4.69, 9.17) is 14.2 Å². The second-order valence-corrected chi connectivity index (χ2v) is 5.30. The highest BCUT2D eigenvalue weighted by atomic mass is 16.5. The lowest BCUT2D eigenvalue weighted by Crippen LogP contribution is -2.27. The van der Waals surface area contributed by atoms with Crippen molar-refractivity contribution in [3.63, 3.8) is 0 Å². The van der Waals surface area contributed by atoms with Gasteiger partial charge in [0.05, 0.1) is 21.3 Å². The Kier molecular flexibility index (Phi) is 6.27. The van der Waals surface area contributed by atoms with Crippen molar-refractivity contribution in [1.29, 1.82) is 0 Å². The molecule has 0 saturated heterocycles. The molecule has 27 heavy (non-hydrogen) atoms. The number of rotatable bonds is 7. The Bertz CT molecular complexity index is 847. The van der Waals surface area contributed by atoms with Gasteiger partial charge in [-0.3, -0.25) is 4.79 Å². The third kappa shape index (κ3) is 4.69. The fraction of sp³-hybridized carbons (Fsp3) is 0.158. The number of hydrogen-bond donors (Lipinski definition) is 2. The Morgan fingerprint density at radius 2 is 1.56 bits per heavy atom. The van der Waals surface area contributed by atoms with Gasteiger partial charge in [0.25, 0.3) is 5.91 Å². The number of benzene rings is 2. The molecule has 0 spiro atoms. The molecule has 0 heterocycles. The maximum atomic E-state index is 12.5. The minimum Gasteiger partial charge on any atom is -0.872 e. The van der Waals surface area contributed by atoms with Crippen LogP contribution in [-0.4, -0.2) is 38.3 Å². The molecule has 2 N–H and O–H groups in total. The quantitative estimate of drug-likeness (QED) is 0.710. The topological polar surface area (TPSA) is 117 Å². The number of carbonyl (C=O) groups excluding carboxylic acids is 1. The second-order valence-electron chi connectivity index (χ2n) is 5.30. The molecule has 0 aliphatic rings. The molecular weight excluding hydrogens is 354 g/mol. The molecule has 0 radical (unpaired) electrons. The summed E-state index contributed by atoms with van der Waals surface area (Å²) in [6, 6.07) is 8.32. The standard InChI is InChI=1S/C19H19NO7/c1-25-15-9-12(10-16(26-2)17(15)27-3)18(22)20-14(19(23)24)8-11-4-6-13(21)7-5-11/h4-10,21H,1-3H3,(H,20,22)(H,23,24)/p-1/b14-8+. The van der Waals surface area contributed by atoms with E-state index in [9.17, 15) is 19.8 Å². The summed E-state index contributed by atoms with van der Waals surface area (Å²) in [5.74, 6) is -1.39. The third-order valence-corrected chi connectivity index (χ3v) is 3.60. The zero-order valence-electron chi connectivity index (χ0n) is 14.9. The molecule has 0 unspecified atom stereocenters. The van der Waals surface area contributed by atoms with Crippen molar-refractivity contribution in [1.82, 2.24) is 5.32 Å². The summed E-state index contributed by atoms with van der Waals surface area (Å²) in [5, 5.41) is 22.8. The molecule has 142 valence electrons. The highest BCUT2D eigenvalue weighted by molar-refractivity contribution is 6.03. The average Bonchev–Trinajstić information content (AvgIpc) is 2.67. The fourth-order valence-electron chi connectivity index (χ4n) is 2.29. The third-order valence-electron chi connectivity index (χ3n) is 3.60. The van der Waals surface area contributed by atoms with Gasteiger partial charge in [-0.15, -0.1) is 5.75 Å². The van der Waals surface area contributed by atoms with Crippen LogP contribution in [0.25, 0.3) is 6.08 Å². The lowest BCUT2D eigenvalue weighted by molar-refractivity contribution is -0.268. The van der Waals surface area contributed by atoms with Crippen LogP contribution in [0.4, 0.5) is 0 Å². The van der Waals surface area contributed by atoms with E-state index >= 15 is 0 Å². The Morgan fingerprint density at radius 1 is 1.00 bits per heavy atom. The van der Waals surface area contributed by atoms with E-state index in [1.807, 2.05) is 0 Å². The number of carboxylic acid groups (broad SMARTS) is 1.